The van der Waals surface area contributed by atoms with E-state index in [4.69, 9.17) is 4.74 Å². The van der Waals surface area contributed by atoms with E-state index >= 15 is 0 Å². The minimum absolute atomic E-state index is 0.0883. The van der Waals surface area contributed by atoms with Crippen molar-refractivity contribution in [1.29, 1.82) is 0 Å². The summed E-state index contributed by atoms with van der Waals surface area (Å²) in [6.07, 6.45) is 2.10. The van der Waals surface area contributed by atoms with Crippen LogP contribution in [0.2, 0.25) is 0 Å². The third kappa shape index (κ3) is 10.1. The second-order valence-corrected chi connectivity index (χ2v) is 10.1. The van der Waals surface area contributed by atoms with Crippen LogP contribution in [0.3, 0.4) is 0 Å². The highest BCUT2D eigenvalue weighted by atomic mass is 32.1. The first kappa shape index (κ1) is 30.2. The van der Waals surface area contributed by atoms with E-state index in [-0.39, 0.29) is 42.8 Å². The molecule has 0 aliphatic carbocycles. The molecule has 3 amide bonds. The van der Waals surface area contributed by atoms with Crippen molar-refractivity contribution < 1.29 is 19.1 Å². The molecule has 1 unspecified atom stereocenters. The van der Waals surface area contributed by atoms with Crippen LogP contribution in [0.15, 0.2) is 29.6 Å². The van der Waals surface area contributed by atoms with Crippen molar-refractivity contribution in [2.24, 2.45) is 0 Å². The van der Waals surface area contributed by atoms with Gasteiger partial charge in [0.05, 0.1) is 19.2 Å². The molecule has 0 saturated heterocycles. The molecule has 204 valence electrons. The van der Waals surface area contributed by atoms with Crippen molar-refractivity contribution in [3.63, 3.8) is 0 Å². The normalized spacial score (nSPS) is 11.9. The molecule has 10 heteroatoms. The van der Waals surface area contributed by atoms with E-state index in [2.05, 4.69) is 34.4 Å². The summed E-state index contributed by atoms with van der Waals surface area (Å²) in [6.45, 7) is 13.0. The highest BCUT2D eigenvalue weighted by Crippen LogP contribution is 2.17. The molecule has 0 aliphatic rings. The predicted molar refractivity (Wildman–Crippen MR) is 148 cm³/mol. The second-order valence-electron chi connectivity index (χ2n) is 9.26. The topological polar surface area (TPSA) is 104 Å². The molecule has 0 spiro atoms. The maximum atomic E-state index is 13.0. The van der Waals surface area contributed by atoms with Crippen LogP contribution in [0.4, 0.5) is 5.13 Å². The molecule has 2 N–H and O–H groups in total. The summed E-state index contributed by atoms with van der Waals surface area (Å²) in [5, 5.41) is 7.95. The number of thiazole rings is 1. The Labute approximate surface area is 224 Å². The molecule has 0 fully saturated rings. The van der Waals surface area contributed by atoms with Gasteiger partial charge >= 0.3 is 0 Å². The summed E-state index contributed by atoms with van der Waals surface area (Å²) in [5.41, 5.74) is 1.08. The molecule has 2 rings (SSSR count). The Kier molecular flexibility index (Phi) is 12.5. The van der Waals surface area contributed by atoms with Crippen LogP contribution in [-0.2, 0) is 16.0 Å². The van der Waals surface area contributed by atoms with Gasteiger partial charge < -0.3 is 25.2 Å². The van der Waals surface area contributed by atoms with Gasteiger partial charge in [0.25, 0.3) is 5.91 Å². The number of hydrogen-bond acceptors (Lipinski definition) is 7. The average Bonchev–Trinajstić information content (AvgIpc) is 3.30. The Morgan fingerprint density at radius 1 is 1.05 bits per heavy atom. The van der Waals surface area contributed by atoms with E-state index in [9.17, 15) is 14.4 Å². The Balaban J connectivity index is 1.84. The average molecular weight is 532 g/mol. The molecule has 0 saturated carbocycles. The Morgan fingerprint density at radius 2 is 1.73 bits per heavy atom. The number of hydrogen-bond donors (Lipinski definition) is 2. The van der Waals surface area contributed by atoms with Crippen LogP contribution in [0.1, 0.15) is 63.5 Å². The molecule has 0 radical (unpaired) electrons. The molecule has 1 heterocycles. The highest BCUT2D eigenvalue weighted by Gasteiger charge is 2.22. The molecule has 37 heavy (non-hydrogen) atoms. The maximum absolute atomic E-state index is 13.0. The van der Waals surface area contributed by atoms with E-state index in [1.807, 2.05) is 20.8 Å². The summed E-state index contributed by atoms with van der Waals surface area (Å²) in [7, 11) is 1.56. The van der Waals surface area contributed by atoms with Gasteiger partial charge in [-0.3, -0.25) is 14.4 Å². The standard InChI is InChI=1S/C27H41N5O4S/c1-7-31(8-2)15-9-10-20(5)28-24(33)16-22-18-37-27(29-22)30-25(34)17-32(19(3)4)26(35)21-11-13-23(36-6)14-12-21/h11-14,18-20H,7-10,15-17H2,1-6H3,(H,28,33)(H,29,30,34). The first-order valence-corrected chi connectivity index (χ1v) is 13.8. The predicted octanol–water partition coefficient (Wildman–Crippen LogP) is 3.81. The van der Waals surface area contributed by atoms with Crippen LogP contribution in [0, 0.1) is 0 Å². The molecule has 1 aromatic heterocycles. The largest absolute Gasteiger partial charge is 0.497 e. The number of carbonyl (C=O) groups excluding carboxylic acids is 3. The first-order valence-electron chi connectivity index (χ1n) is 12.9. The van der Waals surface area contributed by atoms with Crippen molar-refractivity contribution in [1.82, 2.24) is 20.1 Å². The zero-order valence-electron chi connectivity index (χ0n) is 22.9. The molecule has 9 nitrogen and oxygen atoms in total. The Morgan fingerprint density at radius 3 is 2.32 bits per heavy atom. The number of benzene rings is 1. The lowest BCUT2D eigenvalue weighted by atomic mass is 10.1. The minimum atomic E-state index is -0.345. The number of ether oxygens (including phenoxy) is 1. The third-order valence-corrected chi connectivity index (χ3v) is 6.89. The molecule has 0 bridgehead atoms. The summed E-state index contributed by atoms with van der Waals surface area (Å²) in [4.78, 5) is 46.3. The quantitative estimate of drug-likeness (QED) is 0.362. The Bertz CT molecular complexity index is 1000. The maximum Gasteiger partial charge on any atom is 0.254 e. The molecular weight excluding hydrogens is 490 g/mol. The van der Waals surface area contributed by atoms with Crippen molar-refractivity contribution in [2.45, 2.75) is 66.0 Å². The van der Waals surface area contributed by atoms with E-state index in [1.54, 1.807) is 36.8 Å². The number of amides is 3. The summed E-state index contributed by atoms with van der Waals surface area (Å²) in [5.74, 6) is -0.0174. The van der Waals surface area contributed by atoms with Crippen molar-refractivity contribution >= 4 is 34.2 Å². The van der Waals surface area contributed by atoms with Gasteiger partial charge in [0, 0.05) is 23.0 Å². The fourth-order valence-electron chi connectivity index (χ4n) is 3.87. The van der Waals surface area contributed by atoms with Crippen molar-refractivity contribution in [3.8, 4) is 5.75 Å². The fraction of sp³-hybridized carbons (Fsp3) is 0.556. The van der Waals surface area contributed by atoms with Crippen LogP contribution in [0.25, 0.3) is 0 Å². The number of nitrogens with one attached hydrogen (secondary N) is 2. The third-order valence-electron chi connectivity index (χ3n) is 6.09. The van der Waals surface area contributed by atoms with Gasteiger partial charge in [-0.1, -0.05) is 13.8 Å². The molecular formula is C27H41N5O4S. The molecule has 1 aromatic carbocycles. The van der Waals surface area contributed by atoms with Crippen molar-refractivity contribution in [3.05, 3.63) is 40.9 Å². The van der Waals surface area contributed by atoms with E-state index in [1.165, 1.54) is 16.2 Å². The number of anilines is 1. The van der Waals surface area contributed by atoms with Gasteiger partial charge in [0.15, 0.2) is 5.13 Å². The molecule has 1 atom stereocenters. The number of nitrogens with zero attached hydrogens (tertiary/aromatic N) is 3. The summed E-state index contributed by atoms with van der Waals surface area (Å²) >= 11 is 1.26. The number of methoxy groups -OCH3 is 1. The second kappa shape index (κ2) is 15.3. The lowest BCUT2D eigenvalue weighted by Crippen LogP contribution is -2.42. The molecule has 2 aromatic rings. The smallest absolute Gasteiger partial charge is 0.254 e. The molecule has 0 aliphatic heterocycles. The number of carbonyl (C=O) groups is 3. The van der Waals surface area contributed by atoms with Gasteiger partial charge in [-0.2, -0.15) is 0 Å². The van der Waals surface area contributed by atoms with Gasteiger partial charge in [-0.25, -0.2) is 4.98 Å². The van der Waals surface area contributed by atoms with Crippen LogP contribution in [0.5, 0.6) is 5.75 Å². The SMILES string of the molecule is CCN(CC)CCCC(C)NC(=O)Cc1csc(NC(=O)CN(C(=O)c2ccc(OC)cc2)C(C)C)n1. The summed E-state index contributed by atoms with van der Waals surface area (Å²) < 4.78 is 5.14. The number of rotatable bonds is 15. The zero-order chi connectivity index (χ0) is 27.4. The Hall–Kier alpha value is -2.98. The van der Waals surface area contributed by atoms with Crippen LogP contribution in [-0.4, -0.2) is 77.9 Å². The van der Waals surface area contributed by atoms with Gasteiger partial charge in [-0.05, 0) is 77.5 Å². The van der Waals surface area contributed by atoms with E-state index in [0.717, 1.165) is 32.5 Å². The van der Waals surface area contributed by atoms with Crippen LogP contribution >= 0.6 is 11.3 Å². The van der Waals surface area contributed by atoms with Gasteiger partial charge in [0.1, 0.15) is 12.3 Å². The fourth-order valence-corrected chi connectivity index (χ4v) is 4.60. The minimum Gasteiger partial charge on any atom is -0.497 e. The van der Waals surface area contributed by atoms with Crippen LogP contribution < -0.4 is 15.4 Å². The van der Waals surface area contributed by atoms with E-state index < -0.39 is 0 Å². The summed E-state index contributed by atoms with van der Waals surface area (Å²) in [6, 6.07) is 6.70. The van der Waals surface area contributed by atoms with E-state index in [0.29, 0.717) is 22.1 Å². The lowest BCUT2D eigenvalue weighted by molar-refractivity contribution is -0.121. The first-order chi connectivity index (χ1) is 17.7. The lowest BCUT2D eigenvalue weighted by Gasteiger charge is -2.26. The van der Waals surface area contributed by atoms with Gasteiger partial charge in [0.2, 0.25) is 11.8 Å². The monoisotopic (exact) mass is 531 g/mol. The number of aromatic nitrogens is 1. The van der Waals surface area contributed by atoms with Crippen molar-refractivity contribution in [2.75, 3.05) is 38.6 Å². The highest BCUT2D eigenvalue weighted by molar-refractivity contribution is 7.13. The zero-order valence-corrected chi connectivity index (χ0v) is 23.7. The van der Waals surface area contributed by atoms with Gasteiger partial charge in [-0.15, -0.1) is 11.3 Å².